The van der Waals surface area contributed by atoms with Gasteiger partial charge in [0.2, 0.25) is 11.8 Å². The maximum Gasteiger partial charge on any atom is 0.410 e. The minimum absolute atomic E-state index is 0.0295. The van der Waals surface area contributed by atoms with E-state index in [1.165, 1.54) is 32.0 Å². The highest BCUT2D eigenvalue weighted by Gasteiger charge is 2.32. The molecule has 2 aliphatic rings. The Hall–Kier alpha value is -4.29. The molecule has 12 nitrogen and oxygen atoms in total. The van der Waals surface area contributed by atoms with E-state index in [9.17, 15) is 14.4 Å². The Morgan fingerprint density at radius 1 is 0.738 bits per heavy atom. The van der Waals surface area contributed by atoms with Crippen LogP contribution in [0.15, 0.2) is 48.5 Å². The fourth-order valence-electron chi connectivity index (χ4n) is 7.13. The fourth-order valence-corrected chi connectivity index (χ4v) is 11.9. The van der Waals surface area contributed by atoms with E-state index in [0.29, 0.717) is 57.5 Å². The van der Waals surface area contributed by atoms with E-state index in [4.69, 9.17) is 14.7 Å². The van der Waals surface area contributed by atoms with Crippen molar-refractivity contribution in [1.29, 1.82) is 0 Å². The summed E-state index contributed by atoms with van der Waals surface area (Å²) in [5.74, 6) is 0.0233. The van der Waals surface area contributed by atoms with Crippen LogP contribution in [0.1, 0.15) is 82.2 Å². The second kappa shape index (κ2) is 19.8. The van der Waals surface area contributed by atoms with Crippen molar-refractivity contribution in [2.45, 2.75) is 105 Å². The zero-order valence-electron chi connectivity index (χ0n) is 36.0. The molecule has 6 heterocycles. The van der Waals surface area contributed by atoms with Crippen molar-refractivity contribution in [2.75, 3.05) is 36.8 Å². The summed E-state index contributed by atoms with van der Waals surface area (Å²) in [6, 6.07) is 17.0. The average molecular weight is 901 g/mol. The number of aromatic nitrogens is 2. The van der Waals surface area contributed by atoms with E-state index < -0.39 is 5.60 Å². The predicted octanol–water partition coefficient (Wildman–Crippen LogP) is 9.64. The summed E-state index contributed by atoms with van der Waals surface area (Å²) in [6.07, 6.45) is 2.23. The number of benzene rings is 2. The number of anilines is 2. The molecule has 0 unspecified atom stereocenters. The van der Waals surface area contributed by atoms with Gasteiger partial charge in [-0.2, -0.15) is 0 Å². The van der Waals surface area contributed by atoms with Crippen LogP contribution in [0.3, 0.4) is 0 Å². The molecule has 324 valence electrons. The van der Waals surface area contributed by atoms with Gasteiger partial charge < -0.3 is 36.2 Å². The van der Waals surface area contributed by atoms with Crippen LogP contribution in [0.5, 0.6) is 0 Å². The first-order valence-electron chi connectivity index (χ1n) is 21.0. The van der Waals surface area contributed by atoms with Crippen LogP contribution in [-0.2, 0) is 40.3 Å². The molecule has 0 aliphatic carbocycles. The molecule has 2 aliphatic heterocycles. The van der Waals surface area contributed by atoms with Gasteiger partial charge in [-0.25, -0.2) is 14.8 Å². The lowest BCUT2D eigenvalue weighted by atomic mass is 10.0. The zero-order chi connectivity index (χ0) is 43.3. The van der Waals surface area contributed by atoms with Gasteiger partial charge in [0.1, 0.15) is 25.6 Å². The van der Waals surface area contributed by atoms with Gasteiger partial charge in [0.25, 0.3) is 0 Å². The maximum atomic E-state index is 12.7. The molecule has 6 aromatic rings. The number of para-hydroxylation sites is 2. The highest BCUT2D eigenvalue weighted by Crippen LogP contribution is 2.47. The average Bonchev–Trinajstić information content (AvgIpc) is 3.98. The second-order valence-corrected chi connectivity index (χ2v) is 21.1. The van der Waals surface area contributed by atoms with Crippen molar-refractivity contribution < 1.29 is 19.1 Å². The first-order chi connectivity index (χ1) is 29.2. The Balaban J connectivity index is 0.000000189. The van der Waals surface area contributed by atoms with Crippen LogP contribution >= 0.6 is 45.3 Å². The van der Waals surface area contributed by atoms with E-state index in [0.717, 1.165) is 71.3 Å². The highest BCUT2D eigenvalue weighted by molar-refractivity contribution is 7.23. The molecule has 16 heteroatoms. The lowest BCUT2D eigenvalue weighted by molar-refractivity contribution is -0.116. The number of carbonyl (C=O) groups is 3. The van der Waals surface area contributed by atoms with E-state index in [2.05, 4.69) is 66.4 Å². The number of carbonyl (C=O) groups excluding carboxylic acids is 3. The molecular weight excluding hydrogens is 845 g/mol. The Kier molecular flexibility index (Phi) is 14.5. The maximum absolute atomic E-state index is 12.7. The minimum Gasteiger partial charge on any atom is -0.444 e. The summed E-state index contributed by atoms with van der Waals surface area (Å²) in [5.41, 5.74) is 6.06. The normalized spacial score (nSPS) is 13.9. The van der Waals surface area contributed by atoms with Crippen LogP contribution in [-0.4, -0.2) is 76.6 Å². The first kappa shape index (κ1) is 44.8. The van der Waals surface area contributed by atoms with Gasteiger partial charge in [0.05, 0.1) is 27.0 Å². The van der Waals surface area contributed by atoms with Crippen LogP contribution < -0.4 is 26.6 Å². The van der Waals surface area contributed by atoms with Crippen molar-refractivity contribution in [3.8, 4) is 21.1 Å². The summed E-state index contributed by atoms with van der Waals surface area (Å²) in [7, 11) is 0. The molecule has 0 saturated heterocycles. The standard InChI is InChI=1S/C25H32N4O3S2.C20H24N4OS2/c1-15(2)26-12-10-20(30)28-23-21(22-27-17-8-6-7-9-18(17)33-22)16-11-13-29(14-19(16)34-23)24(31)32-25(3,4)5;1-12(2)22-10-8-17(25)24-20-18(13-7-9-21-11-16(13)27-20)19-23-14-5-3-4-6-15(14)26-19/h6-9,15,26H,10-14H2,1-5H3,(H,28,30);3-6,12,21-22H,7-11H2,1-2H3,(H,24,25). The number of thiazole rings is 2. The molecule has 0 bridgehead atoms. The Morgan fingerprint density at radius 3 is 1.75 bits per heavy atom. The SMILES string of the molecule is CC(C)NCCC(=O)Nc1sc2c(c1-c1nc3ccccc3s1)CCN(C(=O)OC(C)(C)C)C2.CC(C)NCCC(=O)Nc1sc2c(c1-c1nc3ccccc3s1)CCNC2. The van der Waals surface area contributed by atoms with Gasteiger partial charge >= 0.3 is 6.09 Å². The second-order valence-electron chi connectivity index (χ2n) is 16.8. The number of thiophene rings is 2. The molecule has 0 radical (unpaired) electrons. The number of hydrogen-bond acceptors (Lipinski definition) is 13. The molecule has 0 saturated carbocycles. The number of nitrogens with one attached hydrogen (secondary N) is 5. The molecular formula is C45H56N8O4S4. The van der Waals surface area contributed by atoms with Crippen LogP contribution in [0.25, 0.3) is 41.6 Å². The monoisotopic (exact) mass is 900 g/mol. The van der Waals surface area contributed by atoms with Crippen molar-refractivity contribution >= 4 is 93.7 Å². The quantitative estimate of drug-likeness (QED) is 0.0810. The van der Waals surface area contributed by atoms with Crippen molar-refractivity contribution in [3.05, 3.63) is 69.4 Å². The van der Waals surface area contributed by atoms with Crippen molar-refractivity contribution in [2.24, 2.45) is 0 Å². The summed E-state index contributed by atoms with van der Waals surface area (Å²) in [6.45, 7) is 18.1. The Labute approximate surface area is 373 Å². The van der Waals surface area contributed by atoms with Gasteiger partial charge in [-0.3, -0.25) is 9.59 Å². The third-order valence-electron chi connectivity index (χ3n) is 9.97. The van der Waals surface area contributed by atoms with E-state index in [-0.39, 0.29) is 17.9 Å². The fraction of sp³-hybridized carbons (Fsp3) is 0.444. The van der Waals surface area contributed by atoms with Gasteiger partial charge in [0.15, 0.2) is 0 Å². The Bertz CT molecular complexity index is 2430. The molecule has 5 N–H and O–H groups in total. The smallest absolute Gasteiger partial charge is 0.410 e. The number of fused-ring (bicyclic) bond motifs is 4. The zero-order valence-corrected chi connectivity index (χ0v) is 39.2. The number of hydrogen-bond donors (Lipinski definition) is 5. The lowest BCUT2D eigenvalue weighted by Gasteiger charge is -2.30. The van der Waals surface area contributed by atoms with E-state index >= 15 is 0 Å². The van der Waals surface area contributed by atoms with E-state index in [1.807, 2.05) is 57.2 Å². The summed E-state index contributed by atoms with van der Waals surface area (Å²) < 4.78 is 7.88. The summed E-state index contributed by atoms with van der Waals surface area (Å²) >= 11 is 6.56. The molecule has 0 fully saturated rings. The molecule has 0 spiro atoms. The first-order valence-corrected chi connectivity index (χ1v) is 24.2. The van der Waals surface area contributed by atoms with Crippen molar-refractivity contribution in [3.63, 3.8) is 0 Å². The number of rotatable bonds is 12. The lowest BCUT2D eigenvalue weighted by Crippen LogP contribution is -2.39. The summed E-state index contributed by atoms with van der Waals surface area (Å²) in [4.78, 5) is 51.8. The number of nitrogens with zero attached hydrogens (tertiary/aromatic N) is 3. The largest absolute Gasteiger partial charge is 0.444 e. The van der Waals surface area contributed by atoms with Crippen molar-refractivity contribution in [1.82, 2.24) is 30.8 Å². The molecule has 4 aromatic heterocycles. The van der Waals surface area contributed by atoms with Gasteiger partial charge in [-0.1, -0.05) is 52.0 Å². The summed E-state index contributed by atoms with van der Waals surface area (Å²) in [5, 5.41) is 20.0. The molecule has 2 aromatic carbocycles. The molecule has 8 rings (SSSR count). The van der Waals surface area contributed by atoms with Gasteiger partial charge in [0, 0.05) is 72.0 Å². The molecule has 0 atom stereocenters. The number of ether oxygens (including phenoxy) is 1. The predicted molar refractivity (Wildman–Crippen MR) is 254 cm³/mol. The topological polar surface area (TPSA) is 150 Å². The van der Waals surface area contributed by atoms with Crippen LogP contribution in [0.2, 0.25) is 0 Å². The third kappa shape index (κ3) is 11.4. The van der Waals surface area contributed by atoms with Crippen LogP contribution in [0, 0.1) is 0 Å². The number of amides is 3. The van der Waals surface area contributed by atoms with E-state index in [1.54, 1.807) is 38.9 Å². The third-order valence-corrected chi connectivity index (χ3v) is 14.4. The Morgan fingerprint density at radius 2 is 1.25 bits per heavy atom. The molecule has 61 heavy (non-hydrogen) atoms. The minimum atomic E-state index is -0.540. The molecule has 3 amide bonds. The highest BCUT2D eigenvalue weighted by atomic mass is 32.1. The van der Waals surface area contributed by atoms with Gasteiger partial charge in [-0.15, -0.1) is 45.3 Å². The van der Waals surface area contributed by atoms with Gasteiger partial charge in [-0.05, 0) is 75.5 Å². The van der Waals surface area contributed by atoms with Crippen LogP contribution in [0.4, 0.5) is 14.8 Å².